The van der Waals surface area contributed by atoms with Gasteiger partial charge in [-0.1, -0.05) is 20.3 Å². The van der Waals surface area contributed by atoms with Crippen LogP contribution in [0.4, 0.5) is 5.82 Å². The van der Waals surface area contributed by atoms with Crippen LogP contribution in [0.15, 0.2) is 6.33 Å². The van der Waals surface area contributed by atoms with Gasteiger partial charge in [0.1, 0.15) is 12.1 Å². The summed E-state index contributed by atoms with van der Waals surface area (Å²) < 4.78 is 11.3. The van der Waals surface area contributed by atoms with Crippen LogP contribution in [-0.2, 0) is 11.2 Å². The zero-order chi connectivity index (χ0) is 15.7. The van der Waals surface area contributed by atoms with Gasteiger partial charge in [0, 0.05) is 20.1 Å². The number of hydrogen-bond donors (Lipinski definition) is 1. The number of ether oxygens (including phenoxy) is 2. The van der Waals surface area contributed by atoms with E-state index < -0.39 is 0 Å². The maximum absolute atomic E-state index is 5.88. The van der Waals surface area contributed by atoms with E-state index >= 15 is 0 Å². The summed E-state index contributed by atoms with van der Waals surface area (Å²) >= 11 is 0. The highest BCUT2D eigenvalue weighted by atomic mass is 16.5. The summed E-state index contributed by atoms with van der Waals surface area (Å²) in [5.41, 5.74) is 0.894. The van der Waals surface area contributed by atoms with Crippen LogP contribution in [0.3, 0.4) is 0 Å². The first-order valence-corrected chi connectivity index (χ1v) is 7.79. The zero-order valence-electron chi connectivity index (χ0n) is 14.0. The van der Waals surface area contributed by atoms with Crippen molar-refractivity contribution in [2.75, 3.05) is 25.6 Å². The normalized spacial score (nSPS) is 11.5. The Morgan fingerprint density at radius 3 is 2.57 bits per heavy atom. The molecule has 1 rings (SSSR count). The first kappa shape index (κ1) is 17.7. The minimum absolute atomic E-state index is 0.179. The molecule has 0 unspecified atom stereocenters. The van der Waals surface area contributed by atoms with Crippen molar-refractivity contribution < 1.29 is 9.47 Å². The van der Waals surface area contributed by atoms with Gasteiger partial charge in [-0.3, -0.25) is 0 Å². The minimum Gasteiger partial charge on any atom is -0.477 e. The van der Waals surface area contributed by atoms with Gasteiger partial charge in [0.25, 0.3) is 0 Å². The Bertz CT molecular complexity index is 422. The van der Waals surface area contributed by atoms with Crippen LogP contribution in [0, 0.1) is 0 Å². The van der Waals surface area contributed by atoms with E-state index in [4.69, 9.17) is 9.47 Å². The number of hydrogen-bond acceptors (Lipinski definition) is 5. The molecule has 0 spiro atoms. The molecule has 0 aliphatic carbocycles. The highest BCUT2D eigenvalue weighted by Crippen LogP contribution is 2.24. The number of aromatic nitrogens is 2. The Balaban J connectivity index is 2.75. The minimum atomic E-state index is -0.179. The molecule has 0 radical (unpaired) electrons. The van der Waals surface area contributed by atoms with E-state index in [9.17, 15) is 0 Å². The van der Waals surface area contributed by atoms with Crippen molar-refractivity contribution in [2.45, 2.75) is 59.0 Å². The Kier molecular flexibility index (Phi) is 7.43. The molecule has 0 saturated carbocycles. The Hall–Kier alpha value is -1.36. The molecule has 1 aromatic rings. The second-order valence-corrected chi connectivity index (χ2v) is 5.75. The topological polar surface area (TPSA) is 56.3 Å². The molecule has 0 aliphatic heterocycles. The number of rotatable bonds is 10. The maximum Gasteiger partial charge on any atom is 0.221 e. The van der Waals surface area contributed by atoms with Gasteiger partial charge < -0.3 is 14.8 Å². The molecule has 1 N–H and O–H groups in total. The molecule has 5 nitrogen and oxygen atoms in total. The second kappa shape index (κ2) is 8.82. The zero-order valence-corrected chi connectivity index (χ0v) is 14.0. The SMILES string of the molecule is CCCNc1ncnc(OCCC(C)(C)OC)c1CCC. The monoisotopic (exact) mass is 295 g/mol. The molecule has 0 aliphatic rings. The third kappa shape index (κ3) is 5.87. The van der Waals surface area contributed by atoms with Gasteiger partial charge in [0.2, 0.25) is 5.88 Å². The van der Waals surface area contributed by atoms with E-state index in [1.54, 1.807) is 13.4 Å². The summed E-state index contributed by atoms with van der Waals surface area (Å²) in [5.74, 6) is 1.59. The van der Waals surface area contributed by atoms with Gasteiger partial charge in [0.05, 0.1) is 17.8 Å². The molecule has 21 heavy (non-hydrogen) atoms. The molecule has 0 aromatic carbocycles. The van der Waals surface area contributed by atoms with Crippen LogP contribution < -0.4 is 10.1 Å². The average molecular weight is 295 g/mol. The maximum atomic E-state index is 5.88. The highest BCUT2D eigenvalue weighted by molar-refractivity contribution is 5.48. The van der Waals surface area contributed by atoms with Gasteiger partial charge >= 0.3 is 0 Å². The summed E-state index contributed by atoms with van der Waals surface area (Å²) in [6.45, 7) is 9.88. The summed E-state index contributed by atoms with van der Waals surface area (Å²) in [6, 6.07) is 0. The van der Waals surface area contributed by atoms with Crippen LogP contribution >= 0.6 is 0 Å². The summed E-state index contributed by atoms with van der Waals surface area (Å²) in [4.78, 5) is 8.64. The summed E-state index contributed by atoms with van der Waals surface area (Å²) in [5, 5.41) is 3.35. The summed E-state index contributed by atoms with van der Waals surface area (Å²) in [6.07, 6.45) is 5.39. The molecule has 5 heteroatoms. The van der Waals surface area contributed by atoms with Crippen LogP contribution in [0.1, 0.15) is 52.5 Å². The summed E-state index contributed by atoms with van der Waals surface area (Å²) in [7, 11) is 1.72. The number of nitrogens with one attached hydrogen (secondary N) is 1. The molecular formula is C16H29N3O2. The quantitative estimate of drug-likeness (QED) is 0.716. The van der Waals surface area contributed by atoms with E-state index in [1.807, 2.05) is 0 Å². The molecule has 0 atom stereocenters. The van der Waals surface area contributed by atoms with Gasteiger partial charge in [-0.15, -0.1) is 0 Å². The first-order chi connectivity index (χ1) is 10.0. The van der Waals surface area contributed by atoms with Crippen LogP contribution in [0.25, 0.3) is 0 Å². The van der Waals surface area contributed by atoms with Crippen LogP contribution in [-0.4, -0.2) is 35.8 Å². The lowest BCUT2D eigenvalue weighted by atomic mass is 10.1. The fourth-order valence-electron chi connectivity index (χ4n) is 1.89. The van der Waals surface area contributed by atoms with E-state index in [2.05, 4.69) is 43.0 Å². The lowest BCUT2D eigenvalue weighted by molar-refractivity contribution is 0.00499. The first-order valence-electron chi connectivity index (χ1n) is 7.79. The second-order valence-electron chi connectivity index (χ2n) is 5.75. The highest BCUT2D eigenvalue weighted by Gasteiger charge is 2.17. The largest absolute Gasteiger partial charge is 0.477 e. The van der Waals surface area contributed by atoms with Gasteiger partial charge in [0.15, 0.2) is 0 Å². The Morgan fingerprint density at radius 1 is 1.19 bits per heavy atom. The average Bonchev–Trinajstić information content (AvgIpc) is 2.47. The van der Waals surface area contributed by atoms with E-state index in [0.717, 1.165) is 43.6 Å². The molecule has 120 valence electrons. The fraction of sp³-hybridized carbons (Fsp3) is 0.750. The van der Waals surface area contributed by atoms with Gasteiger partial charge in [-0.25, -0.2) is 9.97 Å². The van der Waals surface area contributed by atoms with Crippen molar-refractivity contribution in [2.24, 2.45) is 0 Å². The third-order valence-electron chi connectivity index (χ3n) is 3.44. The molecule has 0 bridgehead atoms. The van der Waals surface area contributed by atoms with Crippen molar-refractivity contribution in [1.82, 2.24) is 9.97 Å². The van der Waals surface area contributed by atoms with Gasteiger partial charge in [-0.05, 0) is 26.7 Å². The molecule has 1 aromatic heterocycles. The molecule has 0 saturated heterocycles. The predicted molar refractivity (Wildman–Crippen MR) is 86.0 cm³/mol. The standard InChI is InChI=1S/C16H29N3O2/c1-6-8-13-14(17-10-7-2)18-12-19-15(13)21-11-9-16(3,4)20-5/h12H,6-11H2,1-5H3,(H,17,18,19). The molecule has 0 amide bonds. The van der Waals surface area contributed by atoms with Gasteiger partial charge in [-0.2, -0.15) is 0 Å². The predicted octanol–water partition coefficient (Wildman–Crippen LogP) is 3.44. The number of methoxy groups -OCH3 is 1. The lowest BCUT2D eigenvalue weighted by Crippen LogP contribution is -2.25. The Labute approximate surface area is 128 Å². The fourth-order valence-corrected chi connectivity index (χ4v) is 1.89. The van der Waals surface area contributed by atoms with E-state index in [0.29, 0.717) is 12.5 Å². The molecule has 0 fully saturated rings. The van der Waals surface area contributed by atoms with Crippen molar-refractivity contribution in [3.8, 4) is 5.88 Å². The van der Waals surface area contributed by atoms with Crippen molar-refractivity contribution in [3.05, 3.63) is 11.9 Å². The van der Waals surface area contributed by atoms with Crippen LogP contribution in [0.2, 0.25) is 0 Å². The third-order valence-corrected chi connectivity index (χ3v) is 3.44. The van der Waals surface area contributed by atoms with E-state index in [-0.39, 0.29) is 5.60 Å². The van der Waals surface area contributed by atoms with Crippen molar-refractivity contribution in [1.29, 1.82) is 0 Å². The smallest absolute Gasteiger partial charge is 0.221 e. The lowest BCUT2D eigenvalue weighted by Gasteiger charge is -2.23. The van der Waals surface area contributed by atoms with Crippen molar-refractivity contribution >= 4 is 5.82 Å². The molecule has 1 heterocycles. The van der Waals surface area contributed by atoms with Crippen molar-refractivity contribution in [3.63, 3.8) is 0 Å². The van der Waals surface area contributed by atoms with E-state index in [1.165, 1.54) is 0 Å². The molecular weight excluding hydrogens is 266 g/mol. The van der Waals surface area contributed by atoms with Crippen LogP contribution in [0.5, 0.6) is 5.88 Å². The Morgan fingerprint density at radius 2 is 1.95 bits per heavy atom. The number of anilines is 1. The number of nitrogens with zero attached hydrogens (tertiary/aromatic N) is 2.